The van der Waals surface area contributed by atoms with E-state index in [1.165, 1.54) is 0 Å². The highest BCUT2D eigenvalue weighted by molar-refractivity contribution is 5.91. The fourth-order valence-electron chi connectivity index (χ4n) is 2.88. The van der Waals surface area contributed by atoms with E-state index in [9.17, 15) is 4.79 Å². The minimum atomic E-state index is -0.0697. The summed E-state index contributed by atoms with van der Waals surface area (Å²) in [5.74, 6) is 0.334. The van der Waals surface area contributed by atoms with Gasteiger partial charge in [0.15, 0.2) is 0 Å². The van der Waals surface area contributed by atoms with Gasteiger partial charge in [-0.3, -0.25) is 19.7 Å². The average Bonchev–Trinajstić information content (AvgIpc) is 3.15. The molecule has 0 aromatic carbocycles. The van der Waals surface area contributed by atoms with Crippen LogP contribution in [0, 0.1) is 13.8 Å². The molecule has 1 amide bonds. The van der Waals surface area contributed by atoms with Crippen LogP contribution in [0.25, 0.3) is 0 Å². The number of anilines is 1. The van der Waals surface area contributed by atoms with Crippen molar-refractivity contribution in [3.05, 3.63) is 29.7 Å². The standard InChI is InChI=1S/C15H21N5O2/c1-11-7-16-20(8-11)9-13-4-3-5-19(13)10-14(21)17-15-6-12(2)18-22-15/h6-8,13H,3-5,9-10H2,1-2H3,(H,17,21)/t13-/m1/s1. The van der Waals surface area contributed by atoms with Gasteiger partial charge < -0.3 is 4.52 Å². The number of hydrogen-bond donors (Lipinski definition) is 1. The van der Waals surface area contributed by atoms with Crippen LogP contribution in [0.15, 0.2) is 23.0 Å². The summed E-state index contributed by atoms with van der Waals surface area (Å²) in [5, 5.41) is 10.8. The van der Waals surface area contributed by atoms with Crippen molar-refractivity contribution in [2.75, 3.05) is 18.4 Å². The smallest absolute Gasteiger partial charge is 0.240 e. The molecule has 0 aliphatic carbocycles. The summed E-state index contributed by atoms with van der Waals surface area (Å²) in [6.45, 7) is 5.98. The van der Waals surface area contributed by atoms with Gasteiger partial charge in [0.2, 0.25) is 11.8 Å². The van der Waals surface area contributed by atoms with Crippen LogP contribution in [0.1, 0.15) is 24.1 Å². The summed E-state index contributed by atoms with van der Waals surface area (Å²) >= 11 is 0. The first-order valence-electron chi connectivity index (χ1n) is 7.56. The third-order valence-electron chi connectivity index (χ3n) is 3.90. The largest absolute Gasteiger partial charge is 0.338 e. The summed E-state index contributed by atoms with van der Waals surface area (Å²) in [6, 6.07) is 2.06. The number of nitrogens with zero attached hydrogens (tertiary/aromatic N) is 4. The van der Waals surface area contributed by atoms with Gasteiger partial charge in [0.1, 0.15) is 0 Å². The highest BCUT2D eigenvalue weighted by atomic mass is 16.5. The zero-order valence-electron chi connectivity index (χ0n) is 13.0. The zero-order chi connectivity index (χ0) is 15.5. The third kappa shape index (κ3) is 3.54. The third-order valence-corrected chi connectivity index (χ3v) is 3.90. The number of amides is 1. The van der Waals surface area contributed by atoms with Gasteiger partial charge >= 0.3 is 0 Å². The monoisotopic (exact) mass is 303 g/mol. The molecule has 118 valence electrons. The first kappa shape index (κ1) is 14.8. The molecule has 1 atom stereocenters. The van der Waals surface area contributed by atoms with Gasteiger partial charge in [-0.2, -0.15) is 5.10 Å². The summed E-state index contributed by atoms with van der Waals surface area (Å²) in [4.78, 5) is 14.3. The Morgan fingerprint density at radius 1 is 1.50 bits per heavy atom. The van der Waals surface area contributed by atoms with Crippen LogP contribution in [-0.2, 0) is 11.3 Å². The van der Waals surface area contributed by atoms with E-state index in [0.717, 1.165) is 37.2 Å². The number of carbonyl (C=O) groups excluding carboxylic acids is 1. The number of hydrogen-bond acceptors (Lipinski definition) is 5. The second-order valence-electron chi connectivity index (χ2n) is 5.89. The van der Waals surface area contributed by atoms with Gasteiger partial charge in [-0.15, -0.1) is 0 Å². The summed E-state index contributed by atoms with van der Waals surface area (Å²) in [6.07, 6.45) is 6.10. The summed E-state index contributed by atoms with van der Waals surface area (Å²) < 4.78 is 6.96. The average molecular weight is 303 g/mol. The molecule has 2 aromatic heterocycles. The van der Waals surface area contributed by atoms with Gasteiger partial charge in [-0.1, -0.05) is 5.16 Å². The van der Waals surface area contributed by atoms with E-state index < -0.39 is 0 Å². The van der Waals surface area contributed by atoms with Crippen molar-refractivity contribution in [3.8, 4) is 0 Å². The minimum Gasteiger partial charge on any atom is -0.338 e. The minimum absolute atomic E-state index is 0.0697. The number of rotatable bonds is 5. The molecule has 1 aliphatic rings. The van der Waals surface area contributed by atoms with Crippen molar-refractivity contribution < 1.29 is 9.32 Å². The maximum atomic E-state index is 12.1. The summed E-state index contributed by atoms with van der Waals surface area (Å²) in [7, 11) is 0. The maximum Gasteiger partial charge on any atom is 0.240 e. The molecular weight excluding hydrogens is 282 g/mol. The molecule has 1 fully saturated rings. The molecule has 0 spiro atoms. The fourth-order valence-corrected chi connectivity index (χ4v) is 2.88. The predicted molar refractivity (Wildman–Crippen MR) is 81.4 cm³/mol. The van der Waals surface area contributed by atoms with Crippen molar-refractivity contribution in [1.82, 2.24) is 19.8 Å². The van der Waals surface area contributed by atoms with Crippen molar-refractivity contribution >= 4 is 11.8 Å². The second-order valence-corrected chi connectivity index (χ2v) is 5.89. The van der Waals surface area contributed by atoms with Crippen molar-refractivity contribution in [3.63, 3.8) is 0 Å². The van der Waals surface area contributed by atoms with Gasteiger partial charge in [0.25, 0.3) is 0 Å². The lowest BCUT2D eigenvalue weighted by Crippen LogP contribution is -2.39. The first-order valence-corrected chi connectivity index (χ1v) is 7.56. The molecule has 7 nitrogen and oxygen atoms in total. The fraction of sp³-hybridized carbons (Fsp3) is 0.533. The number of nitrogens with one attached hydrogen (secondary N) is 1. The lowest BCUT2D eigenvalue weighted by molar-refractivity contribution is -0.117. The maximum absolute atomic E-state index is 12.1. The van der Waals surface area contributed by atoms with Crippen LogP contribution in [-0.4, -0.2) is 44.9 Å². The Bertz CT molecular complexity index is 648. The SMILES string of the molecule is Cc1cnn(C[C@H]2CCCN2CC(=O)Nc2cc(C)no2)c1. The molecule has 1 saturated heterocycles. The van der Waals surface area contributed by atoms with E-state index >= 15 is 0 Å². The second kappa shape index (κ2) is 6.31. The molecular formula is C15H21N5O2. The molecule has 7 heteroatoms. The van der Waals surface area contributed by atoms with Crippen molar-refractivity contribution in [2.24, 2.45) is 0 Å². The van der Waals surface area contributed by atoms with Crippen LogP contribution < -0.4 is 5.32 Å². The van der Waals surface area contributed by atoms with E-state index in [1.807, 2.05) is 30.9 Å². The molecule has 1 aliphatic heterocycles. The van der Waals surface area contributed by atoms with Gasteiger partial charge in [0, 0.05) is 18.3 Å². The Morgan fingerprint density at radius 3 is 3.05 bits per heavy atom. The molecule has 22 heavy (non-hydrogen) atoms. The number of likely N-dealkylation sites (tertiary alicyclic amines) is 1. The van der Waals surface area contributed by atoms with E-state index in [1.54, 1.807) is 6.07 Å². The molecule has 0 saturated carbocycles. The van der Waals surface area contributed by atoms with Crippen LogP contribution in [0.5, 0.6) is 0 Å². The molecule has 3 heterocycles. The van der Waals surface area contributed by atoms with Gasteiger partial charge in [0.05, 0.1) is 25.0 Å². The van der Waals surface area contributed by atoms with Gasteiger partial charge in [-0.25, -0.2) is 0 Å². The normalized spacial score (nSPS) is 18.7. The van der Waals surface area contributed by atoms with Crippen LogP contribution in [0.3, 0.4) is 0 Å². The number of aryl methyl sites for hydroxylation is 2. The Balaban J connectivity index is 1.55. The van der Waals surface area contributed by atoms with Gasteiger partial charge in [-0.05, 0) is 38.8 Å². The van der Waals surface area contributed by atoms with Crippen molar-refractivity contribution in [2.45, 2.75) is 39.3 Å². The van der Waals surface area contributed by atoms with Crippen LogP contribution in [0.4, 0.5) is 5.88 Å². The lowest BCUT2D eigenvalue weighted by atomic mass is 10.2. The zero-order valence-corrected chi connectivity index (χ0v) is 13.0. The molecule has 3 rings (SSSR count). The quantitative estimate of drug-likeness (QED) is 0.907. The first-order chi connectivity index (χ1) is 10.6. The topological polar surface area (TPSA) is 76.2 Å². The molecule has 2 aromatic rings. The Kier molecular flexibility index (Phi) is 4.24. The lowest BCUT2D eigenvalue weighted by Gasteiger charge is -2.23. The Morgan fingerprint density at radius 2 is 2.36 bits per heavy atom. The molecule has 0 radical (unpaired) electrons. The van der Waals surface area contributed by atoms with Crippen molar-refractivity contribution in [1.29, 1.82) is 0 Å². The van der Waals surface area contributed by atoms with E-state index in [4.69, 9.17) is 4.52 Å². The van der Waals surface area contributed by atoms with E-state index in [2.05, 4.69) is 20.5 Å². The molecule has 1 N–H and O–H groups in total. The van der Waals surface area contributed by atoms with E-state index in [-0.39, 0.29) is 5.91 Å². The molecule has 0 unspecified atom stereocenters. The Hall–Kier alpha value is -2.15. The van der Waals surface area contributed by atoms with Crippen LogP contribution >= 0.6 is 0 Å². The van der Waals surface area contributed by atoms with Crippen LogP contribution in [0.2, 0.25) is 0 Å². The molecule has 0 bridgehead atoms. The summed E-state index contributed by atoms with van der Waals surface area (Å²) in [5.41, 5.74) is 1.91. The highest BCUT2D eigenvalue weighted by Gasteiger charge is 2.27. The number of carbonyl (C=O) groups is 1. The Labute approximate surface area is 129 Å². The van der Waals surface area contributed by atoms with E-state index in [0.29, 0.717) is 18.5 Å². The highest BCUT2D eigenvalue weighted by Crippen LogP contribution is 2.19. The predicted octanol–water partition coefficient (Wildman–Crippen LogP) is 1.59. The number of aromatic nitrogens is 3.